The number of ether oxygens (including phenoxy) is 1. The number of fused-ring (bicyclic) bond motifs is 3. The van der Waals surface area contributed by atoms with E-state index in [1.165, 1.54) is 13.2 Å². The van der Waals surface area contributed by atoms with E-state index in [0.29, 0.717) is 16.5 Å². The van der Waals surface area contributed by atoms with E-state index >= 15 is 0 Å². The molecular weight excluding hydrogens is 236 g/mol. The highest BCUT2D eigenvalue weighted by atomic mass is 16.5. The van der Waals surface area contributed by atoms with E-state index in [2.05, 4.69) is 9.84 Å². The smallest absolute Gasteiger partial charge is 0.440 e. The highest BCUT2D eigenvalue weighted by Gasteiger charge is 2.15. The van der Waals surface area contributed by atoms with Crippen molar-refractivity contribution in [1.82, 2.24) is 9.61 Å². The second-order valence-electron chi connectivity index (χ2n) is 3.68. The Morgan fingerprint density at radius 3 is 2.94 bits per heavy atom. The molecule has 0 radical (unpaired) electrons. The summed E-state index contributed by atoms with van der Waals surface area (Å²) >= 11 is 0. The molecule has 0 atom stereocenters. The van der Waals surface area contributed by atoms with Crippen molar-refractivity contribution in [3.63, 3.8) is 0 Å². The van der Waals surface area contributed by atoms with Crippen molar-refractivity contribution in [2.75, 3.05) is 7.11 Å². The number of carbonyl (C=O) groups is 1. The van der Waals surface area contributed by atoms with Gasteiger partial charge < -0.3 is 9.15 Å². The molecule has 0 spiro atoms. The first-order valence-electron chi connectivity index (χ1n) is 5.20. The van der Waals surface area contributed by atoms with Gasteiger partial charge in [0.2, 0.25) is 0 Å². The fourth-order valence-electron chi connectivity index (χ4n) is 1.82. The zero-order valence-electron chi connectivity index (χ0n) is 9.41. The number of nitrogens with zero attached hydrogens (tertiary/aromatic N) is 2. The van der Waals surface area contributed by atoms with Gasteiger partial charge in [0.15, 0.2) is 5.69 Å². The van der Waals surface area contributed by atoms with E-state index in [1.54, 1.807) is 18.2 Å². The van der Waals surface area contributed by atoms with Gasteiger partial charge in [-0.3, -0.25) is 0 Å². The van der Waals surface area contributed by atoms with Gasteiger partial charge in [-0.25, -0.2) is 9.59 Å². The lowest BCUT2D eigenvalue weighted by molar-refractivity contribution is 0.0593. The van der Waals surface area contributed by atoms with Gasteiger partial charge in [-0.2, -0.15) is 9.61 Å². The third kappa shape index (κ3) is 1.39. The minimum absolute atomic E-state index is 0.0705. The first-order valence-corrected chi connectivity index (χ1v) is 5.20. The van der Waals surface area contributed by atoms with Crippen LogP contribution in [0, 0.1) is 0 Å². The molecule has 0 unspecified atom stereocenters. The molecule has 2 aromatic heterocycles. The van der Waals surface area contributed by atoms with Crippen LogP contribution >= 0.6 is 0 Å². The number of esters is 1. The van der Waals surface area contributed by atoms with Crippen LogP contribution in [0.3, 0.4) is 0 Å². The van der Waals surface area contributed by atoms with Crippen molar-refractivity contribution in [2.45, 2.75) is 0 Å². The summed E-state index contributed by atoms with van der Waals surface area (Å²) in [6.07, 6.45) is 0. The maximum absolute atomic E-state index is 11.7. The molecule has 1 aromatic carbocycles. The van der Waals surface area contributed by atoms with Crippen LogP contribution in [0.25, 0.3) is 16.5 Å². The molecule has 3 rings (SSSR count). The Morgan fingerprint density at radius 1 is 1.39 bits per heavy atom. The van der Waals surface area contributed by atoms with Crippen LogP contribution < -0.4 is 5.76 Å². The van der Waals surface area contributed by atoms with Gasteiger partial charge in [0.05, 0.1) is 12.6 Å². The molecule has 0 bridgehead atoms. The maximum Gasteiger partial charge on any atom is 0.440 e. The Balaban J connectivity index is 2.45. The quantitative estimate of drug-likeness (QED) is 0.602. The van der Waals surface area contributed by atoms with Crippen molar-refractivity contribution < 1.29 is 13.9 Å². The first-order chi connectivity index (χ1) is 8.70. The van der Waals surface area contributed by atoms with Crippen LogP contribution in [0.5, 0.6) is 0 Å². The lowest BCUT2D eigenvalue weighted by Gasteiger charge is -1.96. The zero-order valence-corrected chi connectivity index (χ0v) is 9.41. The Bertz CT molecular complexity index is 816. The van der Waals surface area contributed by atoms with Gasteiger partial charge in [0.1, 0.15) is 5.58 Å². The standard InChI is InChI=1S/C12H8N2O4/c1-17-11(15)8-6-9-7-4-2-3-5-10(7)18-12(16)14(9)13-8/h2-6H,1H3. The highest BCUT2D eigenvalue weighted by molar-refractivity contribution is 5.96. The monoisotopic (exact) mass is 244 g/mol. The molecule has 2 heterocycles. The van der Waals surface area contributed by atoms with Crippen molar-refractivity contribution in [3.05, 3.63) is 46.6 Å². The normalized spacial score (nSPS) is 10.9. The average molecular weight is 244 g/mol. The van der Waals surface area contributed by atoms with Crippen LogP contribution in [0.4, 0.5) is 0 Å². The van der Waals surface area contributed by atoms with Gasteiger partial charge in [-0.15, -0.1) is 0 Å². The lowest BCUT2D eigenvalue weighted by atomic mass is 10.2. The van der Waals surface area contributed by atoms with Gasteiger partial charge in [0, 0.05) is 5.39 Å². The number of rotatable bonds is 1. The Hall–Kier alpha value is -2.63. The van der Waals surface area contributed by atoms with Crippen LogP contribution in [-0.2, 0) is 4.74 Å². The van der Waals surface area contributed by atoms with Crippen molar-refractivity contribution in [3.8, 4) is 0 Å². The Morgan fingerprint density at radius 2 is 2.17 bits per heavy atom. The molecule has 0 saturated heterocycles. The second-order valence-corrected chi connectivity index (χ2v) is 3.68. The fourth-order valence-corrected chi connectivity index (χ4v) is 1.82. The minimum Gasteiger partial charge on any atom is -0.464 e. The summed E-state index contributed by atoms with van der Waals surface area (Å²) in [7, 11) is 1.26. The first kappa shape index (κ1) is 10.5. The van der Waals surface area contributed by atoms with Crippen LogP contribution in [0.15, 0.2) is 39.5 Å². The van der Waals surface area contributed by atoms with Crippen LogP contribution in [0.2, 0.25) is 0 Å². The van der Waals surface area contributed by atoms with Gasteiger partial charge in [0.25, 0.3) is 0 Å². The molecular formula is C12H8N2O4. The molecule has 0 aliphatic carbocycles. The summed E-state index contributed by atoms with van der Waals surface area (Å²) in [4.78, 5) is 23.1. The number of aromatic nitrogens is 2. The SMILES string of the molecule is COC(=O)c1cc2c3ccccc3oc(=O)n2n1. The predicted molar refractivity (Wildman–Crippen MR) is 62.6 cm³/mol. The molecule has 0 N–H and O–H groups in total. The van der Waals surface area contributed by atoms with E-state index in [0.717, 1.165) is 4.52 Å². The summed E-state index contributed by atoms with van der Waals surface area (Å²) in [5.74, 6) is -1.24. The third-order valence-electron chi connectivity index (χ3n) is 2.64. The molecule has 0 aliphatic heterocycles. The van der Waals surface area contributed by atoms with Crippen LogP contribution in [-0.4, -0.2) is 22.7 Å². The number of hydrogen-bond donors (Lipinski definition) is 0. The van der Waals surface area contributed by atoms with E-state index in [1.807, 2.05) is 6.07 Å². The third-order valence-corrected chi connectivity index (χ3v) is 2.64. The van der Waals surface area contributed by atoms with Crippen molar-refractivity contribution in [2.24, 2.45) is 0 Å². The maximum atomic E-state index is 11.7. The summed E-state index contributed by atoms with van der Waals surface area (Å²) < 4.78 is 10.7. The minimum atomic E-state index is -0.640. The summed E-state index contributed by atoms with van der Waals surface area (Å²) in [6, 6.07) is 8.55. The van der Waals surface area contributed by atoms with Gasteiger partial charge in [-0.05, 0) is 18.2 Å². The number of benzene rings is 1. The van der Waals surface area contributed by atoms with Gasteiger partial charge >= 0.3 is 11.7 Å². The lowest BCUT2D eigenvalue weighted by Crippen LogP contribution is -2.13. The molecule has 6 nitrogen and oxygen atoms in total. The molecule has 0 fully saturated rings. The van der Waals surface area contributed by atoms with E-state index < -0.39 is 11.7 Å². The molecule has 0 aliphatic rings. The van der Waals surface area contributed by atoms with E-state index in [-0.39, 0.29) is 5.69 Å². The van der Waals surface area contributed by atoms with Crippen molar-refractivity contribution >= 4 is 22.5 Å². The van der Waals surface area contributed by atoms with Gasteiger partial charge in [-0.1, -0.05) is 12.1 Å². The summed E-state index contributed by atoms with van der Waals surface area (Å²) in [5.41, 5.74) is 1.04. The molecule has 0 amide bonds. The highest BCUT2D eigenvalue weighted by Crippen LogP contribution is 2.18. The fraction of sp³-hybridized carbons (Fsp3) is 0.0833. The topological polar surface area (TPSA) is 73.8 Å². The molecule has 90 valence electrons. The Labute approximate surface area is 100 Å². The Kier molecular flexibility index (Phi) is 2.16. The second kappa shape index (κ2) is 3.69. The average Bonchev–Trinajstić information content (AvgIpc) is 2.84. The number of para-hydroxylation sites is 1. The van der Waals surface area contributed by atoms with Crippen LogP contribution in [0.1, 0.15) is 10.5 Å². The van der Waals surface area contributed by atoms with Crippen molar-refractivity contribution in [1.29, 1.82) is 0 Å². The zero-order chi connectivity index (χ0) is 12.7. The molecule has 0 saturated carbocycles. The number of methoxy groups -OCH3 is 1. The van der Waals surface area contributed by atoms with E-state index in [9.17, 15) is 9.59 Å². The number of carbonyl (C=O) groups excluding carboxylic acids is 1. The van der Waals surface area contributed by atoms with E-state index in [4.69, 9.17) is 4.42 Å². The largest absolute Gasteiger partial charge is 0.464 e. The molecule has 18 heavy (non-hydrogen) atoms. The predicted octanol–water partition coefficient (Wildman–Crippen LogP) is 1.23. The molecule has 6 heteroatoms. The number of hydrogen-bond acceptors (Lipinski definition) is 5. The molecule has 3 aromatic rings. The summed E-state index contributed by atoms with van der Waals surface area (Å²) in [6.45, 7) is 0. The summed E-state index contributed by atoms with van der Waals surface area (Å²) in [5, 5.41) is 4.58.